The maximum absolute atomic E-state index is 12.2. The summed E-state index contributed by atoms with van der Waals surface area (Å²) in [6, 6.07) is 6.97. The molecule has 0 aromatic heterocycles. The van der Waals surface area contributed by atoms with Gasteiger partial charge in [0.25, 0.3) is 0 Å². The first-order valence-corrected chi connectivity index (χ1v) is 8.39. The summed E-state index contributed by atoms with van der Waals surface area (Å²) >= 11 is 3.30. The van der Waals surface area contributed by atoms with Gasteiger partial charge in [-0.2, -0.15) is 12.7 Å². The summed E-state index contributed by atoms with van der Waals surface area (Å²) in [5, 5.41) is 9.15. The van der Waals surface area contributed by atoms with Gasteiger partial charge in [-0.05, 0) is 43.0 Å². The van der Waals surface area contributed by atoms with Crippen molar-refractivity contribution in [2.45, 2.75) is 12.8 Å². The number of hydrogen-bond acceptors (Lipinski definition) is 3. The van der Waals surface area contributed by atoms with Gasteiger partial charge in [-0.15, -0.1) is 0 Å². The number of aliphatic hydroxyl groups excluding tert-OH is 1. The highest BCUT2D eigenvalue weighted by molar-refractivity contribution is 9.10. The van der Waals surface area contributed by atoms with Gasteiger partial charge in [-0.1, -0.05) is 15.9 Å². The lowest BCUT2D eigenvalue weighted by Gasteiger charge is -2.31. The molecule has 1 saturated heterocycles. The number of nitrogens with one attached hydrogen (secondary N) is 1. The normalized spacial score (nSPS) is 21.3. The number of halogens is 1. The average Bonchev–Trinajstić information content (AvgIpc) is 2.41. The maximum Gasteiger partial charge on any atom is 0.301 e. The number of benzene rings is 1. The fourth-order valence-corrected chi connectivity index (χ4v) is 3.73. The van der Waals surface area contributed by atoms with Crippen LogP contribution >= 0.6 is 15.9 Å². The van der Waals surface area contributed by atoms with Gasteiger partial charge in [0.2, 0.25) is 0 Å². The second-order valence-corrected chi connectivity index (χ2v) is 7.25. The van der Waals surface area contributed by atoms with Gasteiger partial charge in [0.05, 0.1) is 0 Å². The van der Waals surface area contributed by atoms with Crippen molar-refractivity contribution in [3.63, 3.8) is 0 Å². The van der Waals surface area contributed by atoms with Crippen LogP contribution in [0.1, 0.15) is 12.8 Å². The van der Waals surface area contributed by atoms with E-state index in [1.807, 2.05) is 0 Å². The minimum Gasteiger partial charge on any atom is -0.396 e. The van der Waals surface area contributed by atoms with Crippen molar-refractivity contribution in [3.05, 3.63) is 28.7 Å². The predicted octanol–water partition coefficient (Wildman–Crippen LogP) is 1.81. The van der Waals surface area contributed by atoms with Crippen LogP contribution in [0.5, 0.6) is 0 Å². The Hall–Kier alpha value is -0.630. The van der Waals surface area contributed by atoms with E-state index < -0.39 is 10.2 Å². The first-order valence-electron chi connectivity index (χ1n) is 6.15. The molecule has 2 N–H and O–H groups in total. The van der Waals surface area contributed by atoms with Crippen molar-refractivity contribution in [3.8, 4) is 0 Å². The molecule has 106 valence electrons. The SMILES string of the molecule is O=S(=O)(Nc1ccc(Br)cc1)N1CCCC(CO)C1. The monoisotopic (exact) mass is 348 g/mol. The van der Waals surface area contributed by atoms with Crippen LogP contribution in [0, 0.1) is 5.92 Å². The zero-order valence-corrected chi connectivity index (χ0v) is 12.8. The molecule has 0 saturated carbocycles. The van der Waals surface area contributed by atoms with Gasteiger partial charge in [-0.3, -0.25) is 4.72 Å². The van der Waals surface area contributed by atoms with E-state index in [0.717, 1.165) is 17.3 Å². The van der Waals surface area contributed by atoms with Gasteiger partial charge in [0, 0.05) is 29.9 Å². The van der Waals surface area contributed by atoms with Crippen molar-refractivity contribution in [2.24, 2.45) is 5.92 Å². The van der Waals surface area contributed by atoms with Crippen molar-refractivity contribution >= 4 is 31.8 Å². The Morgan fingerprint density at radius 3 is 2.68 bits per heavy atom. The molecule has 1 aromatic carbocycles. The van der Waals surface area contributed by atoms with Crippen LogP contribution in [-0.2, 0) is 10.2 Å². The van der Waals surface area contributed by atoms with Crippen molar-refractivity contribution in [1.82, 2.24) is 4.31 Å². The Morgan fingerprint density at radius 2 is 2.05 bits per heavy atom. The fraction of sp³-hybridized carbons (Fsp3) is 0.500. The minimum atomic E-state index is -3.54. The number of rotatable bonds is 4. The molecule has 1 heterocycles. The summed E-state index contributed by atoms with van der Waals surface area (Å²) in [5.74, 6) is 0.0373. The van der Waals surface area contributed by atoms with Crippen LogP contribution in [0.15, 0.2) is 28.7 Å². The Kier molecular flexibility index (Phi) is 4.83. The molecular formula is C12H17BrN2O3S. The topological polar surface area (TPSA) is 69.6 Å². The molecule has 1 aromatic rings. The highest BCUT2D eigenvalue weighted by Crippen LogP contribution is 2.21. The molecule has 19 heavy (non-hydrogen) atoms. The summed E-state index contributed by atoms with van der Waals surface area (Å²) in [7, 11) is -3.54. The molecule has 7 heteroatoms. The molecule has 0 radical (unpaired) electrons. The largest absolute Gasteiger partial charge is 0.396 e. The molecule has 1 unspecified atom stereocenters. The van der Waals surface area contributed by atoms with Gasteiger partial charge in [-0.25, -0.2) is 0 Å². The summed E-state index contributed by atoms with van der Waals surface area (Å²) in [5.41, 5.74) is 0.536. The molecular weight excluding hydrogens is 332 g/mol. The van der Waals surface area contributed by atoms with Crippen LogP contribution in [-0.4, -0.2) is 37.5 Å². The number of aliphatic hydroxyl groups is 1. The zero-order chi connectivity index (χ0) is 13.9. The quantitative estimate of drug-likeness (QED) is 0.871. The predicted molar refractivity (Wildman–Crippen MR) is 78.1 cm³/mol. The second-order valence-electron chi connectivity index (χ2n) is 4.66. The first kappa shape index (κ1) is 14.8. The lowest BCUT2D eigenvalue weighted by Crippen LogP contribution is -2.43. The molecule has 0 amide bonds. The van der Waals surface area contributed by atoms with E-state index in [1.165, 1.54) is 4.31 Å². The van der Waals surface area contributed by atoms with Crippen LogP contribution in [0.4, 0.5) is 5.69 Å². The molecule has 1 atom stereocenters. The molecule has 5 nitrogen and oxygen atoms in total. The van der Waals surface area contributed by atoms with E-state index in [2.05, 4.69) is 20.7 Å². The van der Waals surface area contributed by atoms with E-state index in [4.69, 9.17) is 5.11 Å². The highest BCUT2D eigenvalue weighted by Gasteiger charge is 2.28. The third kappa shape index (κ3) is 3.92. The molecule has 0 aliphatic carbocycles. The third-order valence-corrected chi connectivity index (χ3v) is 5.20. The Bertz CT molecular complexity index is 518. The average molecular weight is 349 g/mol. The maximum atomic E-state index is 12.2. The first-order chi connectivity index (χ1) is 9.01. The number of anilines is 1. The van der Waals surface area contributed by atoms with E-state index in [0.29, 0.717) is 18.8 Å². The standard InChI is InChI=1S/C12H17BrN2O3S/c13-11-3-5-12(6-4-11)14-19(17,18)15-7-1-2-10(8-15)9-16/h3-6,10,14,16H,1-2,7-9H2. The highest BCUT2D eigenvalue weighted by atomic mass is 79.9. The Labute approximate surface area is 121 Å². The van der Waals surface area contributed by atoms with E-state index in [1.54, 1.807) is 24.3 Å². The van der Waals surface area contributed by atoms with E-state index >= 15 is 0 Å². The smallest absolute Gasteiger partial charge is 0.301 e. The van der Waals surface area contributed by atoms with Gasteiger partial charge in [0.1, 0.15) is 0 Å². The lowest BCUT2D eigenvalue weighted by atomic mass is 10.0. The van der Waals surface area contributed by atoms with E-state index in [-0.39, 0.29) is 12.5 Å². The lowest BCUT2D eigenvalue weighted by molar-refractivity contribution is 0.166. The number of hydrogen-bond donors (Lipinski definition) is 2. The van der Waals surface area contributed by atoms with Gasteiger partial charge in [0.15, 0.2) is 0 Å². The number of nitrogens with zero attached hydrogens (tertiary/aromatic N) is 1. The molecule has 1 fully saturated rings. The number of piperidine rings is 1. The van der Waals surface area contributed by atoms with Gasteiger partial charge < -0.3 is 5.11 Å². The molecule has 2 rings (SSSR count). The minimum absolute atomic E-state index is 0.0320. The molecule has 0 spiro atoms. The molecule has 1 aliphatic heterocycles. The van der Waals surface area contributed by atoms with Crippen LogP contribution in [0.3, 0.4) is 0 Å². The zero-order valence-electron chi connectivity index (χ0n) is 10.4. The molecule has 0 bridgehead atoms. The summed E-state index contributed by atoms with van der Waals surface area (Å²) in [6.07, 6.45) is 1.66. The van der Waals surface area contributed by atoms with Crippen LogP contribution in [0.25, 0.3) is 0 Å². The van der Waals surface area contributed by atoms with Gasteiger partial charge >= 0.3 is 10.2 Å². The van der Waals surface area contributed by atoms with Crippen molar-refractivity contribution in [1.29, 1.82) is 0 Å². The summed E-state index contributed by atoms with van der Waals surface area (Å²) < 4.78 is 29.3. The van der Waals surface area contributed by atoms with Crippen LogP contribution in [0.2, 0.25) is 0 Å². The Morgan fingerprint density at radius 1 is 1.37 bits per heavy atom. The third-order valence-electron chi connectivity index (χ3n) is 3.17. The van der Waals surface area contributed by atoms with E-state index in [9.17, 15) is 8.42 Å². The summed E-state index contributed by atoms with van der Waals surface area (Å²) in [4.78, 5) is 0. The summed E-state index contributed by atoms with van der Waals surface area (Å²) in [6.45, 7) is 0.912. The Balaban J connectivity index is 2.07. The van der Waals surface area contributed by atoms with Crippen LogP contribution < -0.4 is 4.72 Å². The molecule has 1 aliphatic rings. The fourth-order valence-electron chi connectivity index (χ4n) is 2.13. The van der Waals surface area contributed by atoms with Crippen molar-refractivity contribution < 1.29 is 13.5 Å². The second kappa shape index (κ2) is 6.21. The van der Waals surface area contributed by atoms with Crippen molar-refractivity contribution in [2.75, 3.05) is 24.4 Å².